The third-order valence-corrected chi connectivity index (χ3v) is 6.68. The molecule has 0 saturated carbocycles. The lowest BCUT2D eigenvalue weighted by molar-refractivity contribution is 0.151. The average Bonchev–Trinajstić information content (AvgIpc) is 2.88. The highest BCUT2D eigenvalue weighted by Crippen LogP contribution is 2.41. The summed E-state index contributed by atoms with van der Waals surface area (Å²) in [5.74, 6) is 0. The summed E-state index contributed by atoms with van der Waals surface area (Å²) in [6.45, 7) is 6.19. The average molecular weight is 421 g/mol. The molecule has 32 heavy (non-hydrogen) atoms. The number of nitrogens with one attached hydrogen (secondary N) is 2. The van der Waals surface area contributed by atoms with E-state index in [-0.39, 0.29) is 11.1 Å². The molecule has 0 aliphatic heterocycles. The van der Waals surface area contributed by atoms with Crippen molar-refractivity contribution in [2.75, 3.05) is 0 Å². The van der Waals surface area contributed by atoms with Crippen LogP contribution in [0.5, 0.6) is 0 Å². The van der Waals surface area contributed by atoms with Gasteiger partial charge in [-0.25, -0.2) is 0 Å². The summed E-state index contributed by atoms with van der Waals surface area (Å²) in [6, 6.07) is 42.8. The Morgan fingerprint density at radius 1 is 0.438 bits per heavy atom. The largest absolute Gasteiger partial charge is 0.302 e. The normalized spacial score (nSPS) is 14.9. The number of hydrogen-bond acceptors (Lipinski definition) is 2. The number of benzene rings is 4. The standard InChI is InChI=1S/C30H32N2/c1-29(27-19-11-5-12-20-27,31-23-25-15-7-3-8-16-25)30(2,28-21-13-6-14-22-28)32-24-26-17-9-4-10-18-26/h3-22,31-32H,23-24H2,1-2H3/t29-,30-/m1/s1. The minimum atomic E-state index is -0.375. The maximum Gasteiger partial charge on any atom is 0.0632 e. The Morgan fingerprint density at radius 3 is 1.03 bits per heavy atom. The van der Waals surface area contributed by atoms with Crippen LogP contribution in [0.4, 0.5) is 0 Å². The van der Waals surface area contributed by atoms with Crippen LogP contribution in [-0.4, -0.2) is 0 Å². The van der Waals surface area contributed by atoms with Gasteiger partial charge < -0.3 is 10.6 Å². The molecule has 0 heterocycles. The Hall–Kier alpha value is -3.20. The SMILES string of the molecule is C[C@@](NCc1ccccc1)(c1ccccc1)[C@](C)(NCc1ccccc1)c1ccccc1. The highest BCUT2D eigenvalue weighted by molar-refractivity contribution is 5.37. The summed E-state index contributed by atoms with van der Waals surface area (Å²) in [4.78, 5) is 0. The summed E-state index contributed by atoms with van der Waals surface area (Å²) in [5.41, 5.74) is 4.30. The van der Waals surface area contributed by atoms with Crippen LogP contribution in [-0.2, 0) is 24.2 Å². The molecule has 0 spiro atoms. The van der Waals surface area contributed by atoms with Gasteiger partial charge in [-0.15, -0.1) is 0 Å². The molecule has 0 unspecified atom stereocenters. The second-order valence-electron chi connectivity index (χ2n) is 8.66. The molecule has 0 aliphatic carbocycles. The van der Waals surface area contributed by atoms with E-state index in [9.17, 15) is 0 Å². The van der Waals surface area contributed by atoms with Gasteiger partial charge in [-0.1, -0.05) is 121 Å². The molecule has 2 N–H and O–H groups in total. The zero-order valence-electron chi connectivity index (χ0n) is 19.0. The van der Waals surface area contributed by atoms with Gasteiger partial charge in [-0.3, -0.25) is 0 Å². The molecule has 2 atom stereocenters. The lowest BCUT2D eigenvalue weighted by Crippen LogP contribution is -2.61. The number of hydrogen-bond donors (Lipinski definition) is 2. The molecule has 0 bridgehead atoms. The second-order valence-corrected chi connectivity index (χ2v) is 8.66. The predicted octanol–water partition coefficient (Wildman–Crippen LogP) is 6.40. The fourth-order valence-electron chi connectivity index (χ4n) is 4.43. The summed E-state index contributed by atoms with van der Waals surface area (Å²) < 4.78 is 0. The number of rotatable bonds is 9. The Kier molecular flexibility index (Phi) is 6.84. The summed E-state index contributed by atoms with van der Waals surface area (Å²) in [5, 5.41) is 7.88. The van der Waals surface area contributed by atoms with Crippen molar-refractivity contribution in [1.29, 1.82) is 0 Å². The van der Waals surface area contributed by atoms with Crippen molar-refractivity contribution in [3.8, 4) is 0 Å². The molecule has 0 fully saturated rings. The fourth-order valence-corrected chi connectivity index (χ4v) is 4.43. The monoisotopic (exact) mass is 420 g/mol. The van der Waals surface area contributed by atoms with Gasteiger partial charge in [0.1, 0.15) is 0 Å². The van der Waals surface area contributed by atoms with Crippen molar-refractivity contribution in [2.45, 2.75) is 38.0 Å². The van der Waals surface area contributed by atoms with Crippen molar-refractivity contribution < 1.29 is 0 Å². The first kappa shape index (κ1) is 22.0. The van der Waals surface area contributed by atoms with Gasteiger partial charge in [0.15, 0.2) is 0 Å². The molecule has 0 aromatic heterocycles. The smallest absolute Gasteiger partial charge is 0.0632 e. The van der Waals surface area contributed by atoms with Crippen LogP contribution in [0.1, 0.15) is 36.1 Å². The minimum Gasteiger partial charge on any atom is -0.302 e. The molecule has 0 saturated heterocycles. The lowest BCUT2D eigenvalue weighted by atomic mass is 9.70. The van der Waals surface area contributed by atoms with Gasteiger partial charge in [0.2, 0.25) is 0 Å². The maximum atomic E-state index is 3.94. The third-order valence-electron chi connectivity index (χ3n) is 6.68. The minimum absolute atomic E-state index is 0.375. The Morgan fingerprint density at radius 2 is 0.719 bits per heavy atom. The fraction of sp³-hybridized carbons (Fsp3) is 0.200. The highest BCUT2D eigenvalue weighted by atomic mass is 15.1. The zero-order valence-corrected chi connectivity index (χ0v) is 19.0. The molecular formula is C30H32N2. The van der Waals surface area contributed by atoms with E-state index in [1.807, 2.05) is 0 Å². The van der Waals surface area contributed by atoms with Gasteiger partial charge in [-0.2, -0.15) is 0 Å². The van der Waals surface area contributed by atoms with Crippen molar-refractivity contribution in [1.82, 2.24) is 10.6 Å². The van der Waals surface area contributed by atoms with E-state index in [4.69, 9.17) is 0 Å². The molecule has 4 rings (SSSR count). The van der Waals surface area contributed by atoms with Crippen LogP contribution in [0.15, 0.2) is 121 Å². The van der Waals surface area contributed by atoms with E-state index in [1.54, 1.807) is 0 Å². The molecule has 4 aromatic rings. The van der Waals surface area contributed by atoms with E-state index < -0.39 is 0 Å². The van der Waals surface area contributed by atoms with Gasteiger partial charge in [0.05, 0.1) is 11.1 Å². The van der Waals surface area contributed by atoms with Crippen molar-refractivity contribution in [3.05, 3.63) is 144 Å². The van der Waals surface area contributed by atoms with Crippen molar-refractivity contribution in [3.63, 3.8) is 0 Å². The predicted molar refractivity (Wildman–Crippen MR) is 134 cm³/mol. The van der Waals surface area contributed by atoms with Gasteiger partial charge in [0.25, 0.3) is 0 Å². The highest BCUT2D eigenvalue weighted by Gasteiger charge is 2.46. The van der Waals surface area contributed by atoms with E-state index in [0.29, 0.717) is 0 Å². The molecule has 2 nitrogen and oxygen atoms in total. The topological polar surface area (TPSA) is 24.1 Å². The molecule has 162 valence electrons. The molecule has 0 radical (unpaired) electrons. The van der Waals surface area contributed by atoms with Crippen LogP contribution < -0.4 is 10.6 Å². The lowest BCUT2D eigenvalue weighted by Gasteiger charge is -2.49. The first-order chi connectivity index (χ1) is 15.6. The van der Waals surface area contributed by atoms with E-state index in [1.165, 1.54) is 22.3 Å². The van der Waals surface area contributed by atoms with Crippen molar-refractivity contribution >= 4 is 0 Å². The zero-order chi connectivity index (χ0) is 22.3. The Bertz CT molecular complexity index is 990. The van der Waals surface area contributed by atoms with Crippen molar-refractivity contribution in [2.24, 2.45) is 0 Å². The molecule has 2 heteroatoms. The molecule has 0 amide bonds. The third kappa shape index (κ3) is 4.67. The van der Waals surface area contributed by atoms with Crippen LogP contribution in [0, 0.1) is 0 Å². The first-order valence-electron chi connectivity index (χ1n) is 11.3. The molecule has 0 aliphatic rings. The Labute approximate surface area is 192 Å². The van der Waals surface area contributed by atoms with Crippen LogP contribution >= 0.6 is 0 Å². The van der Waals surface area contributed by atoms with Crippen LogP contribution in [0.2, 0.25) is 0 Å². The van der Waals surface area contributed by atoms with E-state index >= 15 is 0 Å². The van der Waals surface area contributed by atoms with E-state index in [0.717, 1.165) is 13.1 Å². The molecule has 4 aromatic carbocycles. The van der Waals surface area contributed by atoms with Gasteiger partial charge in [-0.05, 0) is 36.1 Å². The summed E-state index contributed by atoms with van der Waals surface area (Å²) >= 11 is 0. The van der Waals surface area contributed by atoms with Gasteiger partial charge in [0, 0.05) is 13.1 Å². The molecular weight excluding hydrogens is 388 g/mol. The van der Waals surface area contributed by atoms with Crippen LogP contribution in [0.25, 0.3) is 0 Å². The second kappa shape index (κ2) is 9.95. The van der Waals surface area contributed by atoms with Crippen LogP contribution in [0.3, 0.4) is 0 Å². The Balaban J connectivity index is 1.76. The summed E-state index contributed by atoms with van der Waals surface area (Å²) in [6.07, 6.45) is 0. The van der Waals surface area contributed by atoms with E-state index in [2.05, 4.69) is 146 Å². The maximum absolute atomic E-state index is 3.94. The van der Waals surface area contributed by atoms with Gasteiger partial charge >= 0.3 is 0 Å². The summed E-state index contributed by atoms with van der Waals surface area (Å²) in [7, 11) is 0. The first-order valence-corrected chi connectivity index (χ1v) is 11.3. The quantitative estimate of drug-likeness (QED) is 0.327.